The zero-order valence-electron chi connectivity index (χ0n) is 10.6. The number of ether oxygens (including phenoxy) is 1. The number of thiocarbonyl (C=S) groups is 1. The van der Waals surface area contributed by atoms with Crippen molar-refractivity contribution in [3.63, 3.8) is 0 Å². The molecule has 0 saturated carbocycles. The molecule has 0 spiro atoms. The zero-order chi connectivity index (χ0) is 13.0. The Morgan fingerprint density at radius 1 is 1.56 bits per heavy atom. The summed E-state index contributed by atoms with van der Waals surface area (Å²) in [6.45, 7) is 1.82. The van der Waals surface area contributed by atoms with Gasteiger partial charge >= 0.3 is 0 Å². The smallest absolute Gasteiger partial charge is 0.213 e. The van der Waals surface area contributed by atoms with Gasteiger partial charge in [0.2, 0.25) is 5.88 Å². The van der Waals surface area contributed by atoms with Crippen molar-refractivity contribution in [2.75, 3.05) is 20.2 Å². The summed E-state index contributed by atoms with van der Waals surface area (Å²) in [5.41, 5.74) is 6.16. The Labute approximate surface area is 113 Å². The van der Waals surface area contributed by atoms with Crippen LogP contribution in [0.3, 0.4) is 0 Å². The molecule has 1 atom stereocenters. The van der Waals surface area contributed by atoms with E-state index in [1.54, 1.807) is 6.07 Å². The zero-order valence-corrected chi connectivity index (χ0v) is 11.4. The van der Waals surface area contributed by atoms with E-state index in [1.165, 1.54) is 19.3 Å². The monoisotopic (exact) mass is 265 g/mol. The van der Waals surface area contributed by atoms with Gasteiger partial charge in [-0.1, -0.05) is 24.7 Å². The van der Waals surface area contributed by atoms with Crippen LogP contribution in [0.2, 0.25) is 0 Å². The molecule has 1 fully saturated rings. The van der Waals surface area contributed by atoms with Gasteiger partial charge in [0, 0.05) is 12.1 Å². The maximum atomic E-state index is 5.74. The number of likely N-dealkylation sites (tertiary alicyclic amines) is 1. The second kappa shape index (κ2) is 6.11. The summed E-state index contributed by atoms with van der Waals surface area (Å²) in [5, 5.41) is 0. The van der Waals surface area contributed by atoms with Crippen LogP contribution in [0.25, 0.3) is 0 Å². The quantitative estimate of drug-likeness (QED) is 0.838. The molecule has 4 nitrogen and oxygen atoms in total. The van der Waals surface area contributed by atoms with Crippen LogP contribution in [0.1, 0.15) is 25.0 Å². The standard InChI is InChI=1S/C13H19N3OS/c1-16-8-3-2-5-10(16)9-17-12-7-4-6-11(15-12)13(14)18/h4,6-7,10H,2-3,5,8-9H2,1H3,(H2,14,18). The minimum atomic E-state index is 0.301. The fourth-order valence-electron chi connectivity index (χ4n) is 2.17. The molecule has 2 N–H and O–H groups in total. The van der Waals surface area contributed by atoms with Crippen molar-refractivity contribution >= 4 is 17.2 Å². The summed E-state index contributed by atoms with van der Waals surface area (Å²) in [5.74, 6) is 0.597. The highest BCUT2D eigenvalue weighted by Gasteiger charge is 2.19. The van der Waals surface area contributed by atoms with Gasteiger partial charge in [0.05, 0.1) is 0 Å². The molecule has 2 heterocycles. The van der Waals surface area contributed by atoms with E-state index >= 15 is 0 Å². The molecule has 0 radical (unpaired) electrons. The van der Waals surface area contributed by atoms with Crippen LogP contribution in [0.4, 0.5) is 0 Å². The Bertz CT molecular complexity index is 424. The molecule has 1 aromatic rings. The molecule has 0 aromatic carbocycles. The van der Waals surface area contributed by atoms with Crippen molar-refractivity contribution < 1.29 is 4.74 Å². The predicted octanol–water partition coefficient (Wildman–Crippen LogP) is 1.58. The molecule has 1 aromatic heterocycles. The third kappa shape index (κ3) is 3.40. The lowest BCUT2D eigenvalue weighted by molar-refractivity contribution is 0.122. The second-order valence-corrected chi connectivity index (χ2v) is 5.11. The van der Waals surface area contributed by atoms with E-state index in [0.717, 1.165) is 6.54 Å². The molecule has 0 bridgehead atoms. The molecule has 1 aliphatic heterocycles. The number of rotatable bonds is 4. The summed E-state index contributed by atoms with van der Waals surface area (Å²) >= 11 is 4.90. The largest absolute Gasteiger partial charge is 0.476 e. The number of pyridine rings is 1. The molecule has 5 heteroatoms. The molecule has 18 heavy (non-hydrogen) atoms. The third-order valence-corrected chi connectivity index (χ3v) is 3.53. The van der Waals surface area contributed by atoms with Gasteiger partial charge < -0.3 is 15.4 Å². The van der Waals surface area contributed by atoms with Crippen LogP contribution in [0.5, 0.6) is 5.88 Å². The summed E-state index contributed by atoms with van der Waals surface area (Å²) in [4.78, 5) is 6.92. The predicted molar refractivity (Wildman–Crippen MR) is 75.9 cm³/mol. The molecule has 1 saturated heterocycles. The van der Waals surface area contributed by atoms with Gasteiger partial charge in [-0.05, 0) is 32.5 Å². The Balaban J connectivity index is 1.93. The van der Waals surface area contributed by atoms with Crippen LogP contribution >= 0.6 is 12.2 Å². The molecule has 98 valence electrons. The molecule has 1 unspecified atom stereocenters. The SMILES string of the molecule is CN1CCCCC1COc1cccc(C(N)=S)n1. The Hall–Kier alpha value is -1.20. The minimum absolute atomic E-state index is 0.301. The number of nitrogens with two attached hydrogens (primary N) is 1. The highest BCUT2D eigenvalue weighted by molar-refractivity contribution is 7.80. The lowest BCUT2D eigenvalue weighted by atomic mass is 10.0. The summed E-state index contributed by atoms with van der Waals surface area (Å²) < 4.78 is 5.74. The molecule has 2 rings (SSSR count). The number of nitrogens with zero attached hydrogens (tertiary/aromatic N) is 2. The van der Waals surface area contributed by atoms with Gasteiger partial charge in [-0.25, -0.2) is 4.98 Å². The number of hydrogen-bond donors (Lipinski definition) is 1. The Morgan fingerprint density at radius 3 is 3.11 bits per heavy atom. The molecule has 0 amide bonds. The highest BCUT2D eigenvalue weighted by Crippen LogP contribution is 2.16. The van der Waals surface area contributed by atoms with Crippen molar-refractivity contribution in [3.8, 4) is 5.88 Å². The van der Waals surface area contributed by atoms with Crippen molar-refractivity contribution in [1.82, 2.24) is 9.88 Å². The first-order chi connectivity index (χ1) is 8.66. The fourth-order valence-corrected chi connectivity index (χ4v) is 2.28. The Morgan fingerprint density at radius 2 is 2.39 bits per heavy atom. The normalized spacial score (nSPS) is 20.6. The van der Waals surface area contributed by atoms with Gasteiger partial charge in [0.1, 0.15) is 17.3 Å². The number of piperidine rings is 1. The van der Waals surface area contributed by atoms with Crippen molar-refractivity contribution in [2.45, 2.75) is 25.3 Å². The maximum Gasteiger partial charge on any atom is 0.213 e. The van der Waals surface area contributed by atoms with E-state index < -0.39 is 0 Å². The van der Waals surface area contributed by atoms with Crippen LogP contribution in [0, 0.1) is 0 Å². The number of aromatic nitrogens is 1. The van der Waals surface area contributed by atoms with Crippen LogP contribution in [0.15, 0.2) is 18.2 Å². The van der Waals surface area contributed by atoms with Gasteiger partial charge in [-0.3, -0.25) is 0 Å². The van der Waals surface area contributed by atoms with E-state index in [0.29, 0.717) is 29.2 Å². The van der Waals surface area contributed by atoms with Gasteiger partial charge in [0.25, 0.3) is 0 Å². The molecule has 0 aliphatic carbocycles. The Kier molecular flexibility index (Phi) is 4.49. The summed E-state index contributed by atoms with van der Waals surface area (Å²) in [6.07, 6.45) is 3.74. The van der Waals surface area contributed by atoms with Gasteiger partial charge in [-0.15, -0.1) is 0 Å². The summed E-state index contributed by atoms with van der Waals surface area (Å²) in [7, 11) is 2.14. The van der Waals surface area contributed by atoms with E-state index in [2.05, 4.69) is 16.9 Å². The van der Waals surface area contributed by atoms with Crippen LogP contribution < -0.4 is 10.5 Å². The number of likely N-dealkylation sites (N-methyl/N-ethyl adjacent to an activating group) is 1. The van der Waals surface area contributed by atoms with Crippen molar-refractivity contribution in [3.05, 3.63) is 23.9 Å². The van der Waals surface area contributed by atoms with E-state index in [1.807, 2.05) is 12.1 Å². The summed E-state index contributed by atoms with van der Waals surface area (Å²) in [6, 6.07) is 5.97. The maximum absolute atomic E-state index is 5.74. The van der Waals surface area contributed by atoms with Crippen molar-refractivity contribution in [2.24, 2.45) is 5.73 Å². The van der Waals surface area contributed by atoms with E-state index in [-0.39, 0.29) is 0 Å². The van der Waals surface area contributed by atoms with Crippen LogP contribution in [-0.2, 0) is 0 Å². The lowest BCUT2D eigenvalue weighted by Gasteiger charge is -2.31. The topological polar surface area (TPSA) is 51.4 Å². The lowest BCUT2D eigenvalue weighted by Crippen LogP contribution is -2.40. The van der Waals surface area contributed by atoms with E-state index in [4.69, 9.17) is 22.7 Å². The molecule has 1 aliphatic rings. The first kappa shape index (κ1) is 13.2. The third-order valence-electron chi connectivity index (χ3n) is 3.32. The van der Waals surface area contributed by atoms with Gasteiger partial charge in [0.15, 0.2) is 0 Å². The van der Waals surface area contributed by atoms with Gasteiger partial charge in [-0.2, -0.15) is 0 Å². The average molecular weight is 265 g/mol. The number of hydrogen-bond acceptors (Lipinski definition) is 4. The minimum Gasteiger partial charge on any atom is -0.476 e. The van der Waals surface area contributed by atoms with Crippen molar-refractivity contribution in [1.29, 1.82) is 0 Å². The first-order valence-corrected chi connectivity index (χ1v) is 6.67. The average Bonchev–Trinajstić information content (AvgIpc) is 2.38. The molecular formula is C13H19N3OS. The van der Waals surface area contributed by atoms with Crippen LogP contribution in [-0.4, -0.2) is 41.1 Å². The van der Waals surface area contributed by atoms with E-state index in [9.17, 15) is 0 Å². The first-order valence-electron chi connectivity index (χ1n) is 6.26. The highest BCUT2D eigenvalue weighted by atomic mass is 32.1. The molecular weight excluding hydrogens is 246 g/mol. The second-order valence-electron chi connectivity index (χ2n) is 4.67. The fraction of sp³-hybridized carbons (Fsp3) is 0.538.